The molecule has 1 aliphatic heterocycles. The molecule has 0 amide bonds. The summed E-state index contributed by atoms with van der Waals surface area (Å²) in [4.78, 5) is 10.6. The Kier molecular flexibility index (Phi) is 6.43. The van der Waals surface area contributed by atoms with E-state index in [0.717, 1.165) is 44.5 Å². The molecule has 1 saturated heterocycles. The number of aryl methyl sites for hydroxylation is 1. The summed E-state index contributed by atoms with van der Waals surface area (Å²) >= 11 is 0. The Morgan fingerprint density at radius 3 is 2.33 bits per heavy atom. The van der Waals surface area contributed by atoms with E-state index in [1.165, 1.54) is 6.07 Å². The van der Waals surface area contributed by atoms with Crippen molar-refractivity contribution in [2.24, 2.45) is 0 Å². The minimum Gasteiger partial charge on any atom is -0.357 e. The van der Waals surface area contributed by atoms with Gasteiger partial charge in [-0.3, -0.25) is 4.98 Å². The average Bonchev–Trinajstić information content (AvgIpc) is 2.79. The molecule has 1 aromatic carbocycles. The van der Waals surface area contributed by atoms with Gasteiger partial charge in [0.15, 0.2) is 5.03 Å². The zero-order valence-electron chi connectivity index (χ0n) is 18.1. The molecule has 3 aromatic rings. The summed E-state index contributed by atoms with van der Waals surface area (Å²) in [6.45, 7) is 3.32. The Morgan fingerprint density at radius 2 is 1.64 bits per heavy atom. The molecule has 0 atom stereocenters. The molecule has 0 aliphatic carbocycles. The number of aromatic nitrogens is 2. The molecule has 0 bridgehead atoms. The number of anilines is 1. The van der Waals surface area contributed by atoms with Crippen LogP contribution < -0.4 is 4.90 Å². The molecule has 0 spiro atoms. The van der Waals surface area contributed by atoms with Crippen LogP contribution in [0.1, 0.15) is 36.1 Å². The summed E-state index contributed by atoms with van der Waals surface area (Å²) < 4.78 is 67.1. The van der Waals surface area contributed by atoms with Crippen molar-refractivity contribution >= 4 is 15.7 Å². The number of nitrogens with zero attached hydrogens (tertiary/aromatic N) is 3. The maximum atomic E-state index is 13.6. The monoisotopic (exact) mass is 475 g/mol. The van der Waals surface area contributed by atoms with Gasteiger partial charge in [0.1, 0.15) is 5.82 Å². The second-order valence-electron chi connectivity index (χ2n) is 8.15. The van der Waals surface area contributed by atoms with Crippen molar-refractivity contribution in [1.29, 1.82) is 0 Å². The molecule has 1 fully saturated rings. The first-order valence-electron chi connectivity index (χ1n) is 10.7. The van der Waals surface area contributed by atoms with Gasteiger partial charge in [0.25, 0.3) is 0 Å². The second-order valence-corrected chi connectivity index (χ2v) is 10.1. The molecule has 3 heterocycles. The molecule has 2 aromatic heterocycles. The quantitative estimate of drug-likeness (QED) is 0.492. The number of alkyl halides is 3. The highest BCUT2D eigenvalue weighted by atomic mass is 32.2. The van der Waals surface area contributed by atoms with E-state index < -0.39 is 27.3 Å². The van der Waals surface area contributed by atoms with Crippen LogP contribution in [0.2, 0.25) is 0 Å². The molecular formula is C24H24F3N3O2S. The molecule has 0 radical (unpaired) electrons. The molecule has 9 heteroatoms. The molecule has 4 rings (SSSR count). The van der Waals surface area contributed by atoms with Gasteiger partial charge >= 0.3 is 6.18 Å². The van der Waals surface area contributed by atoms with Crippen LogP contribution in [-0.4, -0.2) is 31.5 Å². The van der Waals surface area contributed by atoms with E-state index >= 15 is 0 Å². The topological polar surface area (TPSA) is 63.2 Å². The normalized spacial score (nSPS) is 15.0. The summed E-state index contributed by atoms with van der Waals surface area (Å²) in [6, 6.07) is 13.4. The molecule has 0 unspecified atom stereocenters. The summed E-state index contributed by atoms with van der Waals surface area (Å²) in [5.74, 6) is 0.0530. The Labute approximate surface area is 191 Å². The molecule has 5 nitrogen and oxygen atoms in total. The van der Waals surface area contributed by atoms with Crippen LogP contribution >= 0.6 is 0 Å². The fourth-order valence-corrected chi connectivity index (χ4v) is 5.21. The fourth-order valence-electron chi connectivity index (χ4n) is 4.00. The Morgan fingerprint density at radius 1 is 0.909 bits per heavy atom. The number of sulfone groups is 1. The van der Waals surface area contributed by atoms with Crippen LogP contribution in [0.5, 0.6) is 0 Å². The van der Waals surface area contributed by atoms with Gasteiger partial charge in [-0.15, -0.1) is 0 Å². The number of halogens is 3. The third-order valence-electron chi connectivity index (χ3n) is 5.70. The third-order valence-corrected chi connectivity index (χ3v) is 7.24. The van der Waals surface area contributed by atoms with Crippen LogP contribution in [0.15, 0.2) is 59.6 Å². The van der Waals surface area contributed by atoms with Gasteiger partial charge in [0.2, 0.25) is 9.84 Å². The Bertz CT molecular complexity index is 1250. The zero-order valence-corrected chi connectivity index (χ0v) is 19.0. The van der Waals surface area contributed by atoms with Gasteiger partial charge in [0, 0.05) is 18.7 Å². The van der Waals surface area contributed by atoms with Gasteiger partial charge < -0.3 is 4.90 Å². The maximum Gasteiger partial charge on any atom is 0.418 e. The number of benzene rings is 1. The molecule has 174 valence electrons. The van der Waals surface area contributed by atoms with Crippen LogP contribution in [0.25, 0.3) is 11.3 Å². The molecule has 0 saturated carbocycles. The van der Waals surface area contributed by atoms with Crippen LogP contribution in [-0.2, 0) is 21.8 Å². The SMILES string of the molecule is Cc1ccccc1-c1nc(CS(=O)(=O)c2cccc(N3CCCCC3)n2)ccc1C(F)(F)F. The zero-order chi connectivity index (χ0) is 23.6. The number of piperidine rings is 1. The van der Waals surface area contributed by atoms with Gasteiger partial charge in [-0.05, 0) is 56.0 Å². The van der Waals surface area contributed by atoms with E-state index in [9.17, 15) is 21.6 Å². The standard InChI is InChI=1S/C24H24F3N3O2S/c1-17-8-3-4-9-19(17)23-20(24(25,26)27)13-12-18(28-23)16-33(31,32)22-11-7-10-21(29-22)30-14-5-2-6-15-30/h3-4,7-13H,2,5-6,14-16H2,1H3. The third kappa shape index (κ3) is 5.19. The highest BCUT2D eigenvalue weighted by Gasteiger charge is 2.35. The molecule has 33 heavy (non-hydrogen) atoms. The smallest absolute Gasteiger partial charge is 0.357 e. The lowest BCUT2D eigenvalue weighted by molar-refractivity contribution is -0.137. The fraction of sp³-hybridized carbons (Fsp3) is 0.333. The largest absolute Gasteiger partial charge is 0.418 e. The van der Waals surface area contributed by atoms with Crippen LogP contribution in [0.3, 0.4) is 0 Å². The van der Waals surface area contributed by atoms with Crippen LogP contribution in [0, 0.1) is 6.92 Å². The lowest BCUT2D eigenvalue weighted by Gasteiger charge is -2.27. The van der Waals surface area contributed by atoms with E-state index in [-0.39, 0.29) is 16.4 Å². The van der Waals surface area contributed by atoms with Crippen LogP contribution in [0.4, 0.5) is 19.0 Å². The van der Waals surface area contributed by atoms with Crippen molar-refractivity contribution < 1.29 is 21.6 Å². The highest BCUT2D eigenvalue weighted by Crippen LogP contribution is 2.37. The number of hydrogen-bond donors (Lipinski definition) is 0. The van der Waals surface area contributed by atoms with Crippen molar-refractivity contribution in [1.82, 2.24) is 9.97 Å². The van der Waals surface area contributed by atoms with Crippen molar-refractivity contribution in [2.45, 2.75) is 43.1 Å². The lowest BCUT2D eigenvalue weighted by atomic mass is 10.0. The second kappa shape index (κ2) is 9.13. The first-order chi connectivity index (χ1) is 15.6. The minimum absolute atomic E-state index is 0.0337. The number of pyridine rings is 2. The first kappa shape index (κ1) is 23.2. The predicted molar refractivity (Wildman–Crippen MR) is 121 cm³/mol. The minimum atomic E-state index is -4.62. The maximum absolute atomic E-state index is 13.6. The van der Waals surface area contributed by atoms with Crippen molar-refractivity contribution in [2.75, 3.05) is 18.0 Å². The van der Waals surface area contributed by atoms with Gasteiger partial charge in [-0.25, -0.2) is 13.4 Å². The van der Waals surface area contributed by atoms with Crippen molar-refractivity contribution in [3.63, 3.8) is 0 Å². The lowest BCUT2D eigenvalue weighted by Crippen LogP contribution is -2.30. The average molecular weight is 476 g/mol. The number of hydrogen-bond acceptors (Lipinski definition) is 5. The molecular weight excluding hydrogens is 451 g/mol. The summed E-state index contributed by atoms with van der Waals surface area (Å²) in [5, 5.41) is -0.107. The summed E-state index contributed by atoms with van der Waals surface area (Å²) in [6.07, 6.45) is -1.44. The summed E-state index contributed by atoms with van der Waals surface area (Å²) in [5.41, 5.74) is -0.210. The van der Waals surface area contributed by atoms with Gasteiger partial charge in [-0.1, -0.05) is 30.3 Å². The molecule has 0 N–H and O–H groups in total. The highest BCUT2D eigenvalue weighted by molar-refractivity contribution is 7.90. The van der Waals surface area contributed by atoms with Crippen molar-refractivity contribution in [3.8, 4) is 11.3 Å². The van der Waals surface area contributed by atoms with E-state index in [2.05, 4.69) is 14.9 Å². The summed E-state index contributed by atoms with van der Waals surface area (Å²) in [7, 11) is -3.91. The van der Waals surface area contributed by atoms with E-state index in [1.807, 2.05) is 0 Å². The molecule has 1 aliphatic rings. The Balaban J connectivity index is 1.69. The first-order valence-corrected chi connectivity index (χ1v) is 12.4. The van der Waals surface area contributed by atoms with Gasteiger partial charge in [-0.2, -0.15) is 13.2 Å². The van der Waals surface area contributed by atoms with Crippen molar-refractivity contribution in [3.05, 3.63) is 71.4 Å². The van der Waals surface area contributed by atoms with E-state index in [0.29, 0.717) is 16.9 Å². The Hall–Kier alpha value is -2.94. The van der Waals surface area contributed by atoms with Gasteiger partial charge in [0.05, 0.1) is 22.7 Å². The number of rotatable bonds is 5. The van der Waals surface area contributed by atoms with E-state index in [4.69, 9.17) is 0 Å². The van der Waals surface area contributed by atoms with E-state index in [1.54, 1.807) is 43.3 Å². The predicted octanol–water partition coefficient (Wildman–Crippen LogP) is 5.44.